The van der Waals surface area contributed by atoms with Crippen LogP contribution in [0.3, 0.4) is 0 Å². The van der Waals surface area contributed by atoms with Crippen LogP contribution in [0, 0.1) is 30.9 Å². The number of benzene rings is 2. The molecule has 0 saturated heterocycles. The van der Waals surface area contributed by atoms with Gasteiger partial charge in [-0.3, -0.25) is 25.0 Å². The van der Waals surface area contributed by atoms with Crippen molar-refractivity contribution >= 4 is 17.6 Å². The summed E-state index contributed by atoms with van der Waals surface area (Å²) in [6.07, 6.45) is 1.30. The Morgan fingerprint density at radius 3 is 2.56 bits per heavy atom. The lowest BCUT2D eigenvalue weighted by Crippen LogP contribution is -2.17. The standard InChI is InChI=1S/C19H18N4O4/c1-11-4-5-14(8-12(11)2)22-19(25)16(13(3)21-22)10-20-17-9-15(23(26)27)6-7-18(17)24/h4-10,21,24H,1-3H3. The molecule has 2 N–H and O–H groups in total. The first kappa shape index (κ1) is 18.1. The molecule has 0 bridgehead atoms. The molecular formula is C19H18N4O4. The Labute approximate surface area is 154 Å². The molecule has 0 amide bonds. The normalized spacial score (nSPS) is 11.2. The molecule has 138 valence electrons. The van der Waals surface area contributed by atoms with Gasteiger partial charge in [0.1, 0.15) is 11.4 Å². The molecule has 27 heavy (non-hydrogen) atoms. The van der Waals surface area contributed by atoms with Crippen LogP contribution >= 0.6 is 0 Å². The van der Waals surface area contributed by atoms with Gasteiger partial charge in [-0.15, -0.1) is 0 Å². The number of hydrogen-bond donors (Lipinski definition) is 2. The van der Waals surface area contributed by atoms with Gasteiger partial charge in [-0.25, -0.2) is 4.68 Å². The van der Waals surface area contributed by atoms with Crippen molar-refractivity contribution in [2.45, 2.75) is 20.8 Å². The third-order valence-corrected chi connectivity index (χ3v) is 4.37. The SMILES string of the molecule is Cc1ccc(-n2[nH]c(C)c(C=Nc3cc([N+](=O)[O-])ccc3O)c2=O)cc1C. The van der Waals surface area contributed by atoms with Crippen LogP contribution in [0.15, 0.2) is 46.2 Å². The first-order valence-corrected chi connectivity index (χ1v) is 8.18. The minimum Gasteiger partial charge on any atom is -0.506 e. The van der Waals surface area contributed by atoms with Crippen LogP contribution < -0.4 is 5.56 Å². The molecule has 1 heterocycles. The quantitative estimate of drug-likeness (QED) is 0.418. The smallest absolute Gasteiger partial charge is 0.280 e. The molecule has 2 aromatic carbocycles. The highest BCUT2D eigenvalue weighted by atomic mass is 16.6. The van der Waals surface area contributed by atoms with Gasteiger partial charge in [0.05, 0.1) is 16.2 Å². The Morgan fingerprint density at radius 2 is 1.89 bits per heavy atom. The summed E-state index contributed by atoms with van der Waals surface area (Å²) in [6.45, 7) is 5.69. The maximum atomic E-state index is 12.7. The van der Waals surface area contributed by atoms with Crippen LogP contribution in [0.5, 0.6) is 5.75 Å². The Hall–Kier alpha value is -3.68. The van der Waals surface area contributed by atoms with Crippen LogP contribution in [0.1, 0.15) is 22.4 Å². The molecule has 0 radical (unpaired) electrons. The van der Waals surface area contributed by atoms with E-state index in [9.17, 15) is 20.0 Å². The summed E-state index contributed by atoms with van der Waals surface area (Å²) in [5, 5.41) is 23.7. The molecule has 3 rings (SSSR count). The van der Waals surface area contributed by atoms with Gasteiger partial charge in [0.2, 0.25) is 0 Å². The van der Waals surface area contributed by atoms with Crippen molar-refractivity contribution in [3.8, 4) is 11.4 Å². The molecule has 0 aliphatic rings. The number of hydrogen-bond acceptors (Lipinski definition) is 5. The fourth-order valence-electron chi connectivity index (χ4n) is 2.62. The number of nitro groups is 1. The van der Waals surface area contributed by atoms with Gasteiger partial charge < -0.3 is 5.11 Å². The molecule has 0 unspecified atom stereocenters. The molecule has 0 saturated carbocycles. The zero-order chi connectivity index (χ0) is 19.7. The van der Waals surface area contributed by atoms with E-state index in [0.717, 1.165) is 17.2 Å². The van der Waals surface area contributed by atoms with Crippen LogP contribution in [-0.4, -0.2) is 26.0 Å². The average Bonchev–Trinajstić information content (AvgIpc) is 2.90. The maximum Gasteiger partial charge on any atom is 0.280 e. The molecule has 0 aliphatic carbocycles. The monoisotopic (exact) mass is 366 g/mol. The van der Waals surface area contributed by atoms with Gasteiger partial charge in [-0.1, -0.05) is 6.07 Å². The van der Waals surface area contributed by atoms with Gasteiger partial charge in [0, 0.05) is 24.0 Å². The van der Waals surface area contributed by atoms with E-state index in [4.69, 9.17) is 0 Å². The highest BCUT2D eigenvalue weighted by Gasteiger charge is 2.13. The Morgan fingerprint density at radius 1 is 1.15 bits per heavy atom. The fraction of sp³-hybridized carbons (Fsp3) is 0.158. The minimum absolute atomic E-state index is 0.0157. The summed E-state index contributed by atoms with van der Waals surface area (Å²) < 4.78 is 1.41. The Bertz CT molecular complexity index is 1130. The number of aliphatic imine (C=N–C) groups is 1. The molecule has 8 heteroatoms. The number of aromatic amines is 1. The number of nitrogens with zero attached hydrogens (tertiary/aromatic N) is 3. The van der Waals surface area contributed by atoms with E-state index in [2.05, 4.69) is 10.1 Å². The molecule has 8 nitrogen and oxygen atoms in total. The molecule has 0 atom stereocenters. The first-order valence-electron chi connectivity index (χ1n) is 8.18. The van der Waals surface area contributed by atoms with Crippen LogP contribution in [0.4, 0.5) is 11.4 Å². The zero-order valence-electron chi connectivity index (χ0n) is 15.1. The number of phenols is 1. The highest BCUT2D eigenvalue weighted by molar-refractivity contribution is 5.84. The lowest BCUT2D eigenvalue weighted by atomic mass is 10.1. The Balaban J connectivity index is 2.02. The van der Waals surface area contributed by atoms with E-state index in [0.29, 0.717) is 16.9 Å². The number of rotatable bonds is 4. The van der Waals surface area contributed by atoms with Gasteiger partial charge in [0.15, 0.2) is 0 Å². The lowest BCUT2D eigenvalue weighted by molar-refractivity contribution is -0.384. The average molecular weight is 366 g/mol. The first-order chi connectivity index (χ1) is 12.8. The number of nitro benzene ring substituents is 1. The number of aryl methyl sites for hydroxylation is 3. The lowest BCUT2D eigenvalue weighted by Gasteiger charge is -2.05. The second kappa shape index (κ2) is 6.91. The van der Waals surface area contributed by atoms with Crippen molar-refractivity contribution in [3.63, 3.8) is 0 Å². The summed E-state index contributed by atoms with van der Waals surface area (Å²) in [6, 6.07) is 9.20. The van der Waals surface area contributed by atoms with Crippen LogP contribution in [0.25, 0.3) is 5.69 Å². The summed E-state index contributed by atoms with van der Waals surface area (Å²) in [5.41, 5.74) is 3.29. The van der Waals surface area contributed by atoms with E-state index in [1.807, 2.05) is 32.0 Å². The van der Waals surface area contributed by atoms with Crippen molar-refractivity contribution in [1.82, 2.24) is 9.78 Å². The number of H-pyrrole nitrogens is 1. The maximum absolute atomic E-state index is 12.7. The van der Waals surface area contributed by atoms with Crippen LogP contribution in [0.2, 0.25) is 0 Å². The van der Waals surface area contributed by atoms with Crippen molar-refractivity contribution in [3.05, 3.63) is 79.3 Å². The third-order valence-electron chi connectivity index (χ3n) is 4.37. The molecule has 0 spiro atoms. The van der Waals surface area contributed by atoms with Crippen molar-refractivity contribution in [1.29, 1.82) is 0 Å². The predicted octanol–water partition coefficient (Wildman–Crippen LogP) is 3.46. The molecular weight excluding hydrogens is 348 g/mol. The number of phenolic OH excluding ortho intramolecular Hbond substituents is 1. The summed E-state index contributed by atoms with van der Waals surface area (Å²) in [7, 11) is 0. The van der Waals surface area contributed by atoms with Crippen LogP contribution in [-0.2, 0) is 0 Å². The number of nitrogens with one attached hydrogen (secondary N) is 1. The van der Waals surface area contributed by atoms with E-state index in [1.165, 1.54) is 23.0 Å². The molecule has 0 fully saturated rings. The van der Waals surface area contributed by atoms with Gasteiger partial charge in [-0.2, -0.15) is 0 Å². The predicted molar refractivity (Wildman–Crippen MR) is 103 cm³/mol. The summed E-state index contributed by atoms with van der Waals surface area (Å²) >= 11 is 0. The summed E-state index contributed by atoms with van der Waals surface area (Å²) in [5.74, 6) is -0.209. The second-order valence-electron chi connectivity index (χ2n) is 6.25. The van der Waals surface area contributed by atoms with E-state index < -0.39 is 4.92 Å². The number of non-ortho nitro benzene ring substituents is 1. The topological polar surface area (TPSA) is 114 Å². The van der Waals surface area contributed by atoms with Crippen molar-refractivity contribution < 1.29 is 10.0 Å². The second-order valence-corrected chi connectivity index (χ2v) is 6.25. The van der Waals surface area contributed by atoms with Gasteiger partial charge in [-0.05, 0) is 50.1 Å². The van der Waals surface area contributed by atoms with Crippen molar-refractivity contribution in [2.24, 2.45) is 4.99 Å². The molecule has 3 aromatic rings. The van der Waals surface area contributed by atoms with Gasteiger partial charge >= 0.3 is 0 Å². The van der Waals surface area contributed by atoms with E-state index in [1.54, 1.807) is 6.92 Å². The van der Waals surface area contributed by atoms with Gasteiger partial charge in [0.25, 0.3) is 11.2 Å². The zero-order valence-corrected chi connectivity index (χ0v) is 15.1. The number of aromatic hydroxyl groups is 1. The third kappa shape index (κ3) is 3.50. The van der Waals surface area contributed by atoms with Crippen molar-refractivity contribution in [2.75, 3.05) is 0 Å². The minimum atomic E-state index is -0.577. The highest BCUT2D eigenvalue weighted by Crippen LogP contribution is 2.30. The van der Waals surface area contributed by atoms with E-state index in [-0.39, 0.29) is 22.7 Å². The Kier molecular flexibility index (Phi) is 4.64. The molecule has 0 aliphatic heterocycles. The largest absolute Gasteiger partial charge is 0.506 e. The summed E-state index contributed by atoms with van der Waals surface area (Å²) in [4.78, 5) is 27.1. The number of aromatic nitrogens is 2. The fourth-order valence-corrected chi connectivity index (χ4v) is 2.62. The van der Waals surface area contributed by atoms with E-state index >= 15 is 0 Å². The molecule has 1 aromatic heterocycles.